The highest BCUT2D eigenvalue weighted by molar-refractivity contribution is 7.45. The number of phosphoric ester groups is 1. The van der Waals surface area contributed by atoms with Crippen LogP contribution in [0.5, 0.6) is 0 Å². The lowest BCUT2D eigenvalue weighted by molar-refractivity contribution is -0.887. The van der Waals surface area contributed by atoms with Gasteiger partial charge in [0.05, 0.1) is 27.1 Å². The summed E-state index contributed by atoms with van der Waals surface area (Å²) in [6, 6.07) is 0. The third-order valence-electron chi connectivity index (χ3n) is 2.03. The van der Waals surface area contributed by atoms with Crippen LogP contribution in [0, 0.1) is 5.92 Å². The van der Waals surface area contributed by atoms with Gasteiger partial charge >= 0.3 is 5.97 Å². The number of phosphoric acid groups is 1. The molecule has 2 atom stereocenters. The smallest absolute Gasteiger partial charge is 0.310 e. The van der Waals surface area contributed by atoms with Crippen molar-refractivity contribution >= 4 is 13.8 Å². The maximum absolute atomic E-state index is 11.3. The van der Waals surface area contributed by atoms with Crippen LogP contribution in [0.25, 0.3) is 0 Å². The fraction of sp³-hybridized carbons (Fsp3) is 0.900. The van der Waals surface area contributed by atoms with E-state index in [4.69, 9.17) is 0 Å². The Bertz CT molecular complexity index is 314. The Morgan fingerprint density at radius 1 is 1.33 bits per heavy atom. The summed E-state index contributed by atoms with van der Waals surface area (Å²) in [5, 5.41) is 0. The normalized spacial score (nSPS) is 17.0. The number of quaternary nitrogens is 1. The first-order chi connectivity index (χ1) is 8.07. The van der Waals surface area contributed by atoms with E-state index in [1.54, 1.807) is 28.1 Å². The number of hydrogen-bond donors (Lipinski definition) is 0. The second-order valence-electron chi connectivity index (χ2n) is 5.02. The van der Waals surface area contributed by atoms with Crippen molar-refractivity contribution in [2.75, 3.05) is 34.7 Å². The van der Waals surface area contributed by atoms with E-state index in [1.165, 1.54) is 0 Å². The maximum Gasteiger partial charge on any atom is 0.310 e. The number of nitrogens with zero attached hydrogens (tertiary/aromatic N) is 1. The molecule has 0 aromatic rings. The minimum atomic E-state index is -4.43. The van der Waals surface area contributed by atoms with Gasteiger partial charge < -0.3 is 14.1 Å². The zero-order valence-electron chi connectivity index (χ0n) is 11.5. The van der Waals surface area contributed by atoms with Crippen molar-refractivity contribution in [3.05, 3.63) is 0 Å². The van der Waals surface area contributed by atoms with Crippen LogP contribution in [0.2, 0.25) is 0 Å². The molecule has 0 rings (SSSR count). The van der Waals surface area contributed by atoms with Crippen LogP contribution in [0.3, 0.4) is 0 Å². The molecule has 0 aliphatic heterocycles. The Morgan fingerprint density at radius 2 is 1.89 bits per heavy atom. The van der Waals surface area contributed by atoms with Crippen LogP contribution in [0.15, 0.2) is 0 Å². The van der Waals surface area contributed by atoms with Crippen molar-refractivity contribution < 1.29 is 32.5 Å². The minimum Gasteiger partial charge on any atom is -0.756 e. The summed E-state index contributed by atoms with van der Waals surface area (Å²) in [6.07, 6.45) is 0.617. The first kappa shape index (κ1) is 17.5. The van der Waals surface area contributed by atoms with E-state index < -0.39 is 20.6 Å². The molecule has 0 aliphatic carbocycles. The zero-order chi connectivity index (χ0) is 14.4. The van der Waals surface area contributed by atoms with Gasteiger partial charge in [-0.1, -0.05) is 13.8 Å². The Balaban J connectivity index is 3.98. The molecule has 2 unspecified atom stereocenters. The topological polar surface area (TPSA) is 84.9 Å². The summed E-state index contributed by atoms with van der Waals surface area (Å²) in [5.74, 6) is -0.782. The van der Waals surface area contributed by atoms with Crippen LogP contribution in [-0.4, -0.2) is 45.1 Å². The standard InChI is InChI=1S/C10H22NO6P/c1-6-9(2)10(12)15-8-17-18(13,14)16-7-11(3,4)5/h9H,6-8H2,1-5H3. The molecular weight excluding hydrogens is 261 g/mol. The number of carbonyl (C=O) groups is 1. The van der Waals surface area contributed by atoms with Crippen LogP contribution < -0.4 is 4.89 Å². The molecule has 7 nitrogen and oxygen atoms in total. The van der Waals surface area contributed by atoms with E-state index in [9.17, 15) is 14.3 Å². The monoisotopic (exact) mass is 283 g/mol. The third kappa shape index (κ3) is 8.60. The van der Waals surface area contributed by atoms with Crippen molar-refractivity contribution in [2.24, 2.45) is 5.92 Å². The summed E-state index contributed by atoms with van der Waals surface area (Å²) in [6.45, 7) is 2.81. The first-order valence-corrected chi connectivity index (χ1v) is 7.10. The predicted molar refractivity (Wildman–Crippen MR) is 63.1 cm³/mol. The Morgan fingerprint density at radius 3 is 2.33 bits per heavy atom. The molecule has 0 fully saturated rings. The fourth-order valence-corrected chi connectivity index (χ4v) is 1.48. The molecule has 0 aromatic carbocycles. The van der Waals surface area contributed by atoms with Gasteiger partial charge in [0.25, 0.3) is 7.82 Å². The Hall–Kier alpha value is -0.460. The third-order valence-corrected chi connectivity index (χ3v) is 2.88. The van der Waals surface area contributed by atoms with Crippen LogP contribution in [-0.2, 0) is 23.1 Å². The van der Waals surface area contributed by atoms with Crippen LogP contribution in [0.1, 0.15) is 20.3 Å². The van der Waals surface area contributed by atoms with Gasteiger partial charge in [-0.3, -0.25) is 18.4 Å². The Kier molecular flexibility index (Phi) is 7.02. The number of esters is 1. The summed E-state index contributed by atoms with van der Waals surface area (Å²) >= 11 is 0. The molecule has 0 bridgehead atoms. The average molecular weight is 283 g/mol. The second-order valence-corrected chi connectivity index (χ2v) is 6.43. The molecule has 0 aliphatic rings. The van der Waals surface area contributed by atoms with Crippen LogP contribution in [0.4, 0.5) is 0 Å². The second kappa shape index (κ2) is 7.21. The molecule has 0 aromatic heterocycles. The average Bonchev–Trinajstić information content (AvgIpc) is 2.24. The highest BCUT2D eigenvalue weighted by Gasteiger charge is 2.17. The molecule has 0 spiro atoms. The molecule has 0 radical (unpaired) electrons. The summed E-state index contributed by atoms with van der Waals surface area (Å²) < 4.78 is 25.3. The van der Waals surface area contributed by atoms with Gasteiger partial charge in [0.1, 0.15) is 0 Å². The molecule has 0 N–H and O–H groups in total. The van der Waals surface area contributed by atoms with E-state index in [1.807, 2.05) is 6.92 Å². The van der Waals surface area contributed by atoms with E-state index in [0.717, 1.165) is 0 Å². The SMILES string of the molecule is CCC(C)C(=O)OCOP(=O)([O-])OC[N+](C)(C)C. The highest BCUT2D eigenvalue weighted by atomic mass is 31.2. The van der Waals surface area contributed by atoms with E-state index in [-0.39, 0.29) is 12.6 Å². The number of rotatable bonds is 8. The van der Waals surface area contributed by atoms with Gasteiger partial charge in [0.2, 0.25) is 0 Å². The molecule has 0 saturated heterocycles. The number of ether oxygens (including phenoxy) is 1. The van der Waals surface area contributed by atoms with Crippen LogP contribution >= 0.6 is 7.82 Å². The first-order valence-electron chi connectivity index (χ1n) is 5.64. The highest BCUT2D eigenvalue weighted by Crippen LogP contribution is 2.38. The number of hydrogen-bond acceptors (Lipinski definition) is 6. The van der Waals surface area contributed by atoms with Crippen molar-refractivity contribution in [1.82, 2.24) is 0 Å². The summed E-state index contributed by atoms with van der Waals surface area (Å²) in [5.41, 5.74) is 0. The summed E-state index contributed by atoms with van der Waals surface area (Å²) in [4.78, 5) is 22.5. The van der Waals surface area contributed by atoms with Crippen molar-refractivity contribution in [1.29, 1.82) is 0 Å². The molecule has 108 valence electrons. The van der Waals surface area contributed by atoms with Gasteiger partial charge in [-0.05, 0) is 6.42 Å². The lowest BCUT2D eigenvalue weighted by Gasteiger charge is -2.28. The van der Waals surface area contributed by atoms with E-state index >= 15 is 0 Å². The van der Waals surface area contributed by atoms with Gasteiger partial charge in [-0.25, -0.2) is 0 Å². The minimum absolute atomic E-state index is 0.0555. The van der Waals surface area contributed by atoms with E-state index in [0.29, 0.717) is 10.9 Å². The molecule has 18 heavy (non-hydrogen) atoms. The lowest BCUT2D eigenvalue weighted by atomic mass is 10.1. The van der Waals surface area contributed by atoms with Crippen molar-refractivity contribution in [2.45, 2.75) is 20.3 Å². The fourth-order valence-electron chi connectivity index (χ4n) is 0.739. The van der Waals surface area contributed by atoms with Gasteiger partial charge in [-0.2, -0.15) is 0 Å². The number of carbonyl (C=O) groups excluding carboxylic acids is 1. The summed E-state index contributed by atoms with van der Waals surface area (Å²) in [7, 11) is 0.874. The Labute approximate surface area is 108 Å². The molecule has 8 heteroatoms. The maximum atomic E-state index is 11.3. The molecule has 0 amide bonds. The molecule has 0 heterocycles. The molecule has 0 saturated carbocycles. The van der Waals surface area contributed by atoms with E-state index in [2.05, 4.69) is 13.8 Å². The largest absolute Gasteiger partial charge is 0.756 e. The van der Waals surface area contributed by atoms with Crippen molar-refractivity contribution in [3.63, 3.8) is 0 Å². The van der Waals surface area contributed by atoms with Crippen molar-refractivity contribution in [3.8, 4) is 0 Å². The van der Waals surface area contributed by atoms with Gasteiger partial charge in [0.15, 0.2) is 13.5 Å². The quantitative estimate of drug-likeness (QED) is 0.282. The zero-order valence-corrected chi connectivity index (χ0v) is 12.4. The lowest BCUT2D eigenvalue weighted by Crippen LogP contribution is -2.37. The molecular formula is C10H22NO6P. The predicted octanol–water partition coefficient (Wildman–Crippen LogP) is 0.698. The van der Waals surface area contributed by atoms with Gasteiger partial charge in [-0.15, -0.1) is 0 Å². The van der Waals surface area contributed by atoms with Gasteiger partial charge in [0, 0.05) is 0 Å².